The molecule has 2 amide bonds. The molecule has 1 aromatic heterocycles. The molecule has 0 radical (unpaired) electrons. The van der Waals surface area contributed by atoms with Crippen molar-refractivity contribution in [3.8, 4) is 0 Å². The second kappa shape index (κ2) is 8.07. The van der Waals surface area contributed by atoms with Gasteiger partial charge in [0.1, 0.15) is 5.01 Å². The highest BCUT2D eigenvalue weighted by atomic mass is 32.1. The fourth-order valence-electron chi connectivity index (χ4n) is 2.29. The first-order chi connectivity index (χ1) is 10.2. The van der Waals surface area contributed by atoms with E-state index in [4.69, 9.17) is 0 Å². The number of anilines is 1. The average Bonchev–Trinajstić information content (AvgIpc) is 2.89. The molecule has 1 aromatic rings. The molecule has 0 aliphatic carbocycles. The van der Waals surface area contributed by atoms with Gasteiger partial charge in [-0.05, 0) is 19.3 Å². The summed E-state index contributed by atoms with van der Waals surface area (Å²) < 4.78 is 0. The summed E-state index contributed by atoms with van der Waals surface area (Å²) in [7, 11) is 0. The Balaban J connectivity index is 1.78. The lowest BCUT2D eigenvalue weighted by atomic mass is 10.1. The summed E-state index contributed by atoms with van der Waals surface area (Å²) in [5.74, 6) is -0.129. The quantitative estimate of drug-likeness (QED) is 0.784. The Kier molecular flexibility index (Phi) is 6.10. The lowest BCUT2D eigenvalue weighted by molar-refractivity contribution is -0.136. The second-order valence-corrected chi connectivity index (χ2v) is 6.34. The maximum atomic E-state index is 11.9. The Morgan fingerprint density at radius 3 is 2.95 bits per heavy atom. The fourth-order valence-corrected chi connectivity index (χ4v) is 3.09. The van der Waals surface area contributed by atoms with Crippen LogP contribution in [0.3, 0.4) is 0 Å². The van der Waals surface area contributed by atoms with Gasteiger partial charge in [-0.2, -0.15) is 0 Å². The SMILES string of the molecule is CCCCCc1nnc(NC(=O)CN2CCCCC2=O)s1. The van der Waals surface area contributed by atoms with Crippen LogP contribution in [0.5, 0.6) is 0 Å². The van der Waals surface area contributed by atoms with Crippen LogP contribution in [-0.4, -0.2) is 40.0 Å². The molecule has 0 saturated carbocycles. The number of carbonyl (C=O) groups excluding carboxylic acids is 2. The largest absolute Gasteiger partial charge is 0.333 e. The first-order valence-electron chi connectivity index (χ1n) is 7.59. The van der Waals surface area contributed by atoms with Gasteiger partial charge in [-0.25, -0.2) is 0 Å². The van der Waals surface area contributed by atoms with Gasteiger partial charge in [0, 0.05) is 19.4 Å². The number of likely N-dealkylation sites (tertiary alicyclic amines) is 1. The smallest absolute Gasteiger partial charge is 0.245 e. The molecular weight excluding hydrogens is 288 g/mol. The first kappa shape index (κ1) is 15.9. The van der Waals surface area contributed by atoms with Crippen LogP contribution < -0.4 is 5.32 Å². The van der Waals surface area contributed by atoms with E-state index in [0.717, 1.165) is 30.7 Å². The van der Waals surface area contributed by atoms with Gasteiger partial charge in [0.25, 0.3) is 0 Å². The van der Waals surface area contributed by atoms with Crippen LogP contribution in [0, 0.1) is 0 Å². The zero-order valence-electron chi connectivity index (χ0n) is 12.4. The summed E-state index contributed by atoms with van der Waals surface area (Å²) in [6.07, 6.45) is 6.81. The Hall–Kier alpha value is -1.50. The minimum atomic E-state index is -0.193. The van der Waals surface area contributed by atoms with E-state index < -0.39 is 0 Å². The molecule has 0 aromatic carbocycles. The number of carbonyl (C=O) groups is 2. The molecular formula is C14H22N4O2S. The molecule has 0 spiro atoms. The van der Waals surface area contributed by atoms with Gasteiger partial charge in [0.15, 0.2) is 0 Å². The lowest BCUT2D eigenvalue weighted by Gasteiger charge is -2.25. The van der Waals surface area contributed by atoms with E-state index in [1.807, 2.05) is 0 Å². The highest BCUT2D eigenvalue weighted by molar-refractivity contribution is 7.15. The number of unbranched alkanes of at least 4 members (excludes halogenated alkanes) is 2. The van der Waals surface area contributed by atoms with Gasteiger partial charge < -0.3 is 4.90 Å². The minimum Gasteiger partial charge on any atom is -0.333 e. The summed E-state index contributed by atoms with van der Waals surface area (Å²) >= 11 is 1.42. The maximum Gasteiger partial charge on any atom is 0.245 e. The van der Waals surface area contributed by atoms with Crippen molar-refractivity contribution in [3.05, 3.63) is 5.01 Å². The molecule has 1 aliphatic heterocycles. The van der Waals surface area contributed by atoms with Crippen LogP contribution in [0.25, 0.3) is 0 Å². The first-order valence-corrected chi connectivity index (χ1v) is 8.40. The third kappa shape index (κ3) is 5.08. The normalized spacial score (nSPS) is 15.3. The van der Waals surface area contributed by atoms with Crippen molar-refractivity contribution in [1.29, 1.82) is 0 Å². The van der Waals surface area contributed by atoms with Crippen molar-refractivity contribution < 1.29 is 9.59 Å². The number of hydrogen-bond acceptors (Lipinski definition) is 5. The van der Waals surface area contributed by atoms with Gasteiger partial charge in [0.2, 0.25) is 16.9 Å². The third-order valence-electron chi connectivity index (χ3n) is 3.46. The molecule has 0 atom stereocenters. The standard InChI is InChI=1S/C14H22N4O2S/c1-2-3-4-7-12-16-17-14(21-12)15-11(19)10-18-9-6-5-8-13(18)20/h2-10H2,1H3,(H,15,17,19). The Bertz CT molecular complexity index is 489. The average molecular weight is 310 g/mol. The fraction of sp³-hybridized carbons (Fsp3) is 0.714. The zero-order chi connectivity index (χ0) is 15.1. The zero-order valence-corrected chi connectivity index (χ0v) is 13.2. The van der Waals surface area contributed by atoms with Gasteiger partial charge in [-0.3, -0.25) is 14.9 Å². The number of aryl methyl sites for hydroxylation is 1. The van der Waals surface area contributed by atoms with Gasteiger partial charge in [-0.1, -0.05) is 31.1 Å². The summed E-state index contributed by atoms with van der Waals surface area (Å²) in [4.78, 5) is 25.2. The van der Waals surface area contributed by atoms with Gasteiger partial charge in [-0.15, -0.1) is 10.2 Å². The number of nitrogens with one attached hydrogen (secondary N) is 1. The molecule has 2 rings (SSSR count). The van der Waals surface area contributed by atoms with E-state index in [1.165, 1.54) is 24.2 Å². The predicted molar refractivity (Wildman–Crippen MR) is 82.2 cm³/mol. The molecule has 1 fully saturated rings. The van der Waals surface area contributed by atoms with Gasteiger partial charge in [0.05, 0.1) is 6.54 Å². The number of hydrogen-bond donors (Lipinski definition) is 1. The molecule has 1 aliphatic rings. The molecule has 0 bridgehead atoms. The summed E-state index contributed by atoms with van der Waals surface area (Å²) in [6.45, 7) is 2.95. The van der Waals surface area contributed by atoms with Crippen molar-refractivity contribution >= 4 is 28.3 Å². The van der Waals surface area contributed by atoms with E-state index in [-0.39, 0.29) is 18.4 Å². The number of piperidine rings is 1. The lowest BCUT2D eigenvalue weighted by Crippen LogP contribution is -2.40. The monoisotopic (exact) mass is 310 g/mol. The van der Waals surface area contributed by atoms with Crippen molar-refractivity contribution in [2.45, 2.75) is 51.9 Å². The summed E-state index contributed by atoms with van der Waals surface area (Å²) in [5.41, 5.74) is 0. The second-order valence-electron chi connectivity index (χ2n) is 5.28. The number of nitrogens with zero attached hydrogens (tertiary/aromatic N) is 3. The maximum absolute atomic E-state index is 11.9. The molecule has 116 valence electrons. The van der Waals surface area contributed by atoms with Crippen molar-refractivity contribution in [1.82, 2.24) is 15.1 Å². The van der Waals surface area contributed by atoms with Crippen LogP contribution in [0.4, 0.5) is 5.13 Å². The Morgan fingerprint density at radius 2 is 2.19 bits per heavy atom. The van der Waals surface area contributed by atoms with Crippen LogP contribution in [0.1, 0.15) is 50.5 Å². The molecule has 2 heterocycles. The minimum absolute atomic E-state index is 0.0638. The summed E-state index contributed by atoms with van der Waals surface area (Å²) in [5, 5.41) is 12.3. The Morgan fingerprint density at radius 1 is 1.33 bits per heavy atom. The molecule has 1 N–H and O–H groups in total. The summed E-state index contributed by atoms with van der Waals surface area (Å²) in [6, 6.07) is 0. The third-order valence-corrected chi connectivity index (χ3v) is 4.36. The molecule has 7 heteroatoms. The van der Waals surface area contributed by atoms with Crippen LogP contribution in [0.2, 0.25) is 0 Å². The molecule has 6 nitrogen and oxygen atoms in total. The highest BCUT2D eigenvalue weighted by Gasteiger charge is 2.20. The number of rotatable bonds is 7. The van der Waals surface area contributed by atoms with Crippen molar-refractivity contribution in [3.63, 3.8) is 0 Å². The number of amides is 2. The van der Waals surface area contributed by atoms with Crippen molar-refractivity contribution in [2.24, 2.45) is 0 Å². The van der Waals surface area contributed by atoms with Crippen molar-refractivity contribution in [2.75, 3.05) is 18.4 Å². The van der Waals surface area contributed by atoms with Crippen LogP contribution >= 0.6 is 11.3 Å². The van der Waals surface area contributed by atoms with E-state index in [1.54, 1.807) is 4.90 Å². The Labute approximate surface area is 128 Å². The van der Waals surface area contributed by atoms with Gasteiger partial charge >= 0.3 is 0 Å². The highest BCUT2D eigenvalue weighted by Crippen LogP contribution is 2.18. The van der Waals surface area contributed by atoms with Crippen LogP contribution in [0.15, 0.2) is 0 Å². The molecule has 21 heavy (non-hydrogen) atoms. The van der Waals surface area contributed by atoms with Crippen LogP contribution in [-0.2, 0) is 16.0 Å². The van der Waals surface area contributed by atoms with E-state index >= 15 is 0 Å². The topological polar surface area (TPSA) is 75.2 Å². The predicted octanol–water partition coefficient (Wildman–Crippen LogP) is 2.22. The van der Waals surface area contributed by atoms with E-state index in [0.29, 0.717) is 18.1 Å². The van der Waals surface area contributed by atoms with E-state index in [9.17, 15) is 9.59 Å². The van der Waals surface area contributed by atoms with E-state index in [2.05, 4.69) is 22.4 Å². The molecule has 1 saturated heterocycles. The molecule has 0 unspecified atom stereocenters. The number of aromatic nitrogens is 2.